The molecule has 1 heterocycles. The van der Waals surface area contributed by atoms with Gasteiger partial charge in [0, 0.05) is 22.6 Å². The second-order valence-electron chi connectivity index (χ2n) is 11.4. The molecule has 2 heteroatoms. The molecule has 0 spiro atoms. The van der Waals surface area contributed by atoms with E-state index in [9.17, 15) is 0 Å². The van der Waals surface area contributed by atoms with Crippen molar-refractivity contribution in [3.8, 4) is 45.0 Å². The van der Waals surface area contributed by atoms with Crippen LogP contribution in [0.3, 0.4) is 0 Å². The van der Waals surface area contributed by atoms with E-state index in [0.29, 0.717) is 11.8 Å². The Labute approximate surface area is 252 Å². The maximum absolute atomic E-state index is 5.16. The van der Waals surface area contributed by atoms with Crippen molar-refractivity contribution in [2.75, 3.05) is 0 Å². The van der Waals surface area contributed by atoms with Gasteiger partial charge in [-0.3, -0.25) is 0 Å². The molecule has 43 heavy (non-hydrogen) atoms. The number of aromatic nitrogens is 2. The molecule has 2 aliphatic carbocycles. The van der Waals surface area contributed by atoms with E-state index in [1.807, 2.05) is 12.1 Å². The first-order chi connectivity index (χ1) is 21.2. The van der Waals surface area contributed by atoms with Gasteiger partial charge in [-0.1, -0.05) is 153 Å². The average Bonchev–Trinajstić information content (AvgIpc) is 3.09. The van der Waals surface area contributed by atoms with Crippen molar-refractivity contribution in [2.45, 2.75) is 12.8 Å². The first-order valence-electron chi connectivity index (χ1n) is 15.0. The van der Waals surface area contributed by atoms with Gasteiger partial charge in [-0.05, 0) is 50.9 Å². The summed E-state index contributed by atoms with van der Waals surface area (Å²) in [5, 5.41) is 0. The minimum absolute atomic E-state index is 0.323. The Hall–Kier alpha value is -5.34. The Balaban J connectivity index is 1.30. The van der Waals surface area contributed by atoms with Gasteiger partial charge in [-0.15, -0.1) is 0 Å². The number of hydrogen-bond donors (Lipinski definition) is 0. The SMILES string of the molecule is CC1C=C(c2ccccc2-c2nc(-c3ccccc3)cc(-c3ccccc3)n2)C=C2c3ccccc3-c3ccccc3C21. The van der Waals surface area contributed by atoms with E-state index in [4.69, 9.17) is 9.97 Å². The molecule has 5 aromatic carbocycles. The summed E-state index contributed by atoms with van der Waals surface area (Å²) in [7, 11) is 0. The van der Waals surface area contributed by atoms with E-state index in [1.165, 1.54) is 33.4 Å². The molecule has 0 saturated carbocycles. The van der Waals surface area contributed by atoms with Crippen LogP contribution < -0.4 is 0 Å². The van der Waals surface area contributed by atoms with Crippen molar-refractivity contribution >= 4 is 11.1 Å². The predicted octanol–water partition coefficient (Wildman–Crippen LogP) is 10.4. The largest absolute Gasteiger partial charge is 0.228 e. The quantitative estimate of drug-likeness (QED) is 0.218. The molecule has 0 saturated heterocycles. The summed E-state index contributed by atoms with van der Waals surface area (Å²) in [5.41, 5.74) is 14.2. The summed E-state index contributed by atoms with van der Waals surface area (Å²) in [6.07, 6.45) is 4.86. The van der Waals surface area contributed by atoms with Gasteiger partial charge in [0.15, 0.2) is 5.82 Å². The minimum atomic E-state index is 0.323. The normalized spacial score (nSPS) is 16.8. The van der Waals surface area contributed by atoms with Crippen LogP contribution in [0.5, 0.6) is 0 Å². The third-order valence-electron chi connectivity index (χ3n) is 8.78. The monoisotopic (exact) mass is 550 g/mol. The van der Waals surface area contributed by atoms with Crippen LogP contribution in [0.1, 0.15) is 29.5 Å². The molecular weight excluding hydrogens is 520 g/mol. The molecule has 0 N–H and O–H groups in total. The molecule has 0 aliphatic heterocycles. The molecule has 0 bridgehead atoms. The Morgan fingerprint density at radius 3 is 1.65 bits per heavy atom. The number of rotatable bonds is 4. The van der Waals surface area contributed by atoms with E-state index in [2.05, 4.69) is 146 Å². The molecule has 2 aliphatic rings. The number of nitrogens with zero attached hydrogens (tertiary/aromatic N) is 2. The maximum Gasteiger partial charge on any atom is 0.161 e. The smallest absolute Gasteiger partial charge is 0.161 e. The molecule has 2 nitrogen and oxygen atoms in total. The molecule has 1 aromatic heterocycles. The van der Waals surface area contributed by atoms with Crippen molar-refractivity contribution in [3.63, 3.8) is 0 Å². The van der Waals surface area contributed by atoms with Gasteiger partial charge in [0.2, 0.25) is 0 Å². The Bertz CT molecular complexity index is 1980. The summed E-state index contributed by atoms with van der Waals surface area (Å²) in [4.78, 5) is 10.3. The molecule has 8 rings (SSSR count). The van der Waals surface area contributed by atoms with E-state index < -0.39 is 0 Å². The molecule has 0 radical (unpaired) electrons. The fourth-order valence-electron chi connectivity index (χ4n) is 6.83. The topological polar surface area (TPSA) is 25.8 Å². The van der Waals surface area contributed by atoms with Crippen molar-refractivity contribution < 1.29 is 0 Å². The molecule has 0 amide bonds. The highest BCUT2D eigenvalue weighted by Gasteiger charge is 2.34. The Kier molecular flexibility index (Phi) is 6.19. The van der Waals surface area contributed by atoms with Crippen LogP contribution in [-0.2, 0) is 0 Å². The second kappa shape index (κ2) is 10.5. The van der Waals surface area contributed by atoms with E-state index in [-0.39, 0.29) is 0 Å². The van der Waals surface area contributed by atoms with Gasteiger partial charge in [0.1, 0.15) is 0 Å². The lowest BCUT2D eigenvalue weighted by molar-refractivity contribution is 0.650. The van der Waals surface area contributed by atoms with Crippen LogP contribution in [0.15, 0.2) is 152 Å². The highest BCUT2D eigenvalue weighted by molar-refractivity contribution is 5.99. The molecule has 0 fully saturated rings. The number of allylic oxidation sites excluding steroid dienone is 4. The molecule has 2 unspecified atom stereocenters. The van der Waals surface area contributed by atoms with Crippen molar-refractivity contribution in [3.05, 3.63) is 168 Å². The summed E-state index contributed by atoms with van der Waals surface area (Å²) in [5.74, 6) is 1.39. The van der Waals surface area contributed by atoms with Crippen LogP contribution in [0.25, 0.3) is 56.2 Å². The molecule has 6 aromatic rings. The number of fused-ring (bicyclic) bond motifs is 6. The standard InChI is InChI=1S/C41H30N2/c1-27-24-30(25-37-34-21-10-9-19-32(34)33-20-11-12-22-35(33)40(27)37)31-18-8-13-23-36(31)41-42-38(28-14-4-2-5-15-28)26-39(43-41)29-16-6-3-7-17-29/h2-27,40H,1H3. The first-order valence-corrected chi connectivity index (χ1v) is 15.0. The van der Waals surface area contributed by atoms with Gasteiger partial charge in [-0.2, -0.15) is 0 Å². The van der Waals surface area contributed by atoms with Gasteiger partial charge in [-0.25, -0.2) is 9.97 Å². The van der Waals surface area contributed by atoms with E-state index in [1.54, 1.807) is 0 Å². The predicted molar refractivity (Wildman–Crippen MR) is 178 cm³/mol. The van der Waals surface area contributed by atoms with Gasteiger partial charge < -0.3 is 0 Å². The van der Waals surface area contributed by atoms with Gasteiger partial charge in [0.05, 0.1) is 11.4 Å². The van der Waals surface area contributed by atoms with Gasteiger partial charge >= 0.3 is 0 Å². The molecule has 204 valence electrons. The fourth-order valence-corrected chi connectivity index (χ4v) is 6.83. The van der Waals surface area contributed by atoms with Crippen LogP contribution in [0.4, 0.5) is 0 Å². The average molecular weight is 551 g/mol. The Morgan fingerprint density at radius 2 is 1.00 bits per heavy atom. The zero-order valence-electron chi connectivity index (χ0n) is 24.0. The highest BCUT2D eigenvalue weighted by atomic mass is 14.9. The van der Waals surface area contributed by atoms with Crippen molar-refractivity contribution in [2.24, 2.45) is 5.92 Å². The van der Waals surface area contributed by atoms with Crippen molar-refractivity contribution in [1.29, 1.82) is 0 Å². The molecule has 2 atom stereocenters. The maximum atomic E-state index is 5.16. The minimum Gasteiger partial charge on any atom is -0.228 e. The van der Waals surface area contributed by atoms with Crippen LogP contribution >= 0.6 is 0 Å². The summed E-state index contributed by atoms with van der Waals surface area (Å²) >= 11 is 0. The van der Waals surface area contributed by atoms with Crippen LogP contribution in [0, 0.1) is 5.92 Å². The number of benzene rings is 5. The summed E-state index contributed by atoms with van der Waals surface area (Å²) in [6, 6.07) is 49.2. The van der Waals surface area contributed by atoms with E-state index in [0.717, 1.165) is 39.5 Å². The van der Waals surface area contributed by atoms with Gasteiger partial charge in [0.25, 0.3) is 0 Å². The Morgan fingerprint density at radius 1 is 0.488 bits per heavy atom. The summed E-state index contributed by atoms with van der Waals surface area (Å²) in [6.45, 7) is 2.35. The lowest BCUT2D eigenvalue weighted by Gasteiger charge is -2.36. The molecular formula is C41H30N2. The fraction of sp³-hybridized carbons (Fsp3) is 0.0732. The van der Waals surface area contributed by atoms with E-state index >= 15 is 0 Å². The zero-order valence-corrected chi connectivity index (χ0v) is 24.0. The van der Waals surface area contributed by atoms with Crippen LogP contribution in [0.2, 0.25) is 0 Å². The third-order valence-corrected chi connectivity index (χ3v) is 8.78. The lowest BCUT2D eigenvalue weighted by atomic mass is 9.67. The highest BCUT2D eigenvalue weighted by Crippen LogP contribution is 2.53. The lowest BCUT2D eigenvalue weighted by Crippen LogP contribution is -2.19. The van der Waals surface area contributed by atoms with Crippen molar-refractivity contribution in [1.82, 2.24) is 9.97 Å². The number of hydrogen-bond acceptors (Lipinski definition) is 2. The first kappa shape index (κ1) is 25.4. The summed E-state index contributed by atoms with van der Waals surface area (Å²) < 4.78 is 0. The van der Waals surface area contributed by atoms with Crippen LogP contribution in [-0.4, -0.2) is 9.97 Å². The third kappa shape index (κ3) is 4.43. The second-order valence-corrected chi connectivity index (χ2v) is 11.4. The zero-order chi connectivity index (χ0) is 28.8.